The molecule has 2 heteroatoms. The third-order valence-electron chi connectivity index (χ3n) is 4.90. The number of rotatable bonds is 5. The van der Waals surface area contributed by atoms with E-state index in [0.29, 0.717) is 11.5 Å². The van der Waals surface area contributed by atoms with Crippen molar-refractivity contribution in [2.45, 2.75) is 46.2 Å². The van der Waals surface area contributed by atoms with Crippen molar-refractivity contribution in [2.75, 3.05) is 6.54 Å². The molecule has 3 N–H and O–H groups in total. The Morgan fingerprint density at radius 2 is 1.61 bits per heavy atom. The van der Waals surface area contributed by atoms with E-state index in [0.717, 1.165) is 25.9 Å². The highest BCUT2D eigenvalue weighted by Gasteiger charge is 2.37. The lowest BCUT2D eigenvalue weighted by atomic mass is 9.67. The first-order valence-electron chi connectivity index (χ1n) is 8.57. The average Bonchev–Trinajstić information content (AvgIpc) is 2.45. The molecule has 23 heavy (non-hydrogen) atoms. The van der Waals surface area contributed by atoms with Crippen LogP contribution in [0.15, 0.2) is 42.5 Å². The molecule has 122 valence electrons. The summed E-state index contributed by atoms with van der Waals surface area (Å²) in [6.07, 6.45) is 2.29. The minimum atomic E-state index is 0.401. The normalized spacial score (nSPS) is 23.6. The fourth-order valence-electron chi connectivity index (χ4n) is 3.82. The van der Waals surface area contributed by atoms with Gasteiger partial charge < -0.3 is 11.1 Å². The summed E-state index contributed by atoms with van der Waals surface area (Å²) in [5, 5.41) is 3.59. The lowest BCUT2D eigenvalue weighted by Crippen LogP contribution is -2.49. The summed E-state index contributed by atoms with van der Waals surface area (Å²) >= 11 is 0. The Kier molecular flexibility index (Phi) is 4.56. The first-order valence-corrected chi connectivity index (χ1v) is 8.57. The molecule has 3 rings (SSSR count). The molecule has 0 heterocycles. The maximum atomic E-state index is 5.90. The van der Waals surface area contributed by atoms with Crippen LogP contribution in [0.2, 0.25) is 0 Å². The number of hydrogen-bond donors (Lipinski definition) is 2. The van der Waals surface area contributed by atoms with Crippen molar-refractivity contribution in [2.24, 2.45) is 11.1 Å². The number of nitrogens with one attached hydrogen (secondary N) is 1. The van der Waals surface area contributed by atoms with Gasteiger partial charge in [0.05, 0.1) is 0 Å². The van der Waals surface area contributed by atoms with Crippen LogP contribution in [-0.4, -0.2) is 12.6 Å². The van der Waals surface area contributed by atoms with Gasteiger partial charge in [0.2, 0.25) is 0 Å². The van der Waals surface area contributed by atoms with Gasteiger partial charge in [0.1, 0.15) is 0 Å². The third kappa shape index (κ3) is 4.01. The Hall–Kier alpha value is -1.64. The Labute approximate surface area is 140 Å². The number of aryl methyl sites for hydroxylation is 2. The van der Waals surface area contributed by atoms with E-state index in [9.17, 15) is 0 Å². The van der Waals surface area contributed by atoms with E-state index in [1.165, 1.54) is 27.8 Å². The van der Waals surface area contributed by atoms with E-state index >= 15 is 0 Å². The van der Waals surface area contributed by atoms with Gasteiger partial charge in [-0.3, -0.25) is 0 Å². The highest BCUT2D eigenvalue weighted by Crippen LogP contribution is 2.38. The van der Waals surface area contributed by atoms with Crippen LogP contribution in [0.1, 0.15) is 36.5 Å². The van der Waals surface area contributed by atoms with Crippen molar-refractivity contribution in [3.05, 3.63) is 59.2 Å². The van der Waals surface area contributed by atoms with Gasteiger partial charge in [0, 0.05) is 19.1 Å². The molecule has 2 aromatic rings. The number of hydrogen-bond acceptors (Lipinski definition) is 2. The molecular formula is C21H28N2. The molecule has 0 saturated heterocycles. The summed E-state index contributed by atoms with van der Waals surface area (Å²) < 4.78 is 0. The molecule has 0 radical (unpaired) electrons. The smallest absolute Gasteiger partial charge is 0.0205 e. The van der Waals surface area contributed by atoms with Gasteiger partial charge in [0.15, 0.2) is 0 Å². The van der Waals surface area contributed by atoms with Gasteiger partial charge in [-0.1, -0.05) is 60.5 Å². The largest absolute Gasteiger partial charge is 0.328 e. The molecule has 1 fully saturated rings. The van der Waals surface area contributed by atoms with E-state index in [1.807, 2.05) is 0 Å². The highest BCUT2D eigenvalue weighted by atomic mass is 14.9. The van der Waals surface area contributed by atoms with Gasteiger partial charge in [-0.15, -0.1) is 0 Å². The van der Waals surface area contributed by atoms with Crippen molar-refractivity contribution >= 4 is 0 Å². The van der Waals surface area contributed by atoms with Crippen LogP contribution in [0.4, 0.5) is 0 Å². The summed E-state index contributed by atoms with van der Waals surface area (Å²) in [4.78, 5) is 0. The van der Waals surface area contributed by atoms with Crippen LogP contribution in [0.3, 0.4) is 0 Å². The van der Waals surface area contributed by atoms with E-state index in [-0.39, 0.29) is 0 Å². The first kappa shape index (κ1) is 16.2. The topological polar surface area (TPSA) is 38.0 Å². The predicted octanol–water partition coefficient (Wildman–Crippen LogP) is 4.19. The zero-order chi connectivity index (χ0) is 16.4. The molecule has 0 bridgehead atoms. The molecule has 2 nitrogen and oxygen atoms in total. The minimum absolute atomic E-state index is 0.401. The summed E-state index contributed by atoms with van der Waals surface area (Å²) in [6.45, 7) is 8.62. The molecule has 0 amide bonds. The second-order valence-corrected chi connectivity index (χ2v) is 7.66. The van der Waals surface area contributed by atoms with E-state index in [4.69, 9.17) is 5.73 Å². The second-order valence-electron chi connectivity index (χ2n) is 7.66. The van der Waals surface area contributed by atoms with Crippen molar-refractivity contribution in [3.63, 3.8) is 0 Å². The van der Waals surface area contributed by atoms with Crippen LogP contribution in [0, 0.1) is 19.3 Å². The van der Waals surface area contributed by atoms with Gasteiger partial charge in [-0.2, -0.15) is 0 Å². The van der Waals surface area contributed by atoms with Crippen molar-refractivity contribution in [3.8, 4) is 11.1 Å². The lowest BCUT2D eigenvalue weighted by Gasteiger charge is -2.43. The van der Waals surface area contributed by atoms with E-state index in [2.05, 4.69) is 68.6 Å². The Bertz CT molecular complexity index is 646. The van der Waals surface area contributed by atoms with Gasteiger partial charge in [-0.05, 0) is 48.8 Å². The number of benzene rings is 2. The molecular weight excluding hydrogens is 280 g/mol. The summed E-state index contributed by atoms with van der Waals surface area (Å²) in [5.41, 5.74) is 12.9. The zero-order valence-electron chi connectivity index (χ0n) is 14.5. The van der Waals surface area contributed by atoms with Crippen molar-refractivity contribution < 1.29 is 0 Å². The molecule has 0 unspecified atom stereocenters. The van der Waals surface area contributed by atoms with Crippen LogP contribution in [0.5, 0.6) is 0 Å². The van der Waals surface area contributed by atoms with Gasteiger partial charge >= 0.3 is 0 Å². The SMILES string of the molecule is Cc1cc(C)cc(-c2ccc(CNCC3(C)CC(N)C3)cc2)c1. The monoisotopic (exact) mass is 308 g/mol. The Balaban J connectivity index is 1.59. The molecule has 1 aliphatic rings. The molecule has 1 aliphatic carbocycles. The summed E-state index contributed by atoms with van der Waals surface area (Å²) in [7, 11) is 0. The van der Waals surface area contributed by atoms with E-state index in [1.54, 1.807) is 0 Å². The molecule has 2 aromatic carbocycles. The fourth-order valence-corrected chi connectivity index (χ4v) is 3.82. The van der Waals surface area contributed by atoms with Crippen LogP contribution in [0.25, 0.3) is 11.1 Å². The van der Waals surface area contributed by atoms with Crippen LogP contribution >= 0.6 is 0 Å². The fraction of sp³-hybridized carbons (Fsp3) is 0.429. The average molecular weight is 308 g/mol. The highest BCUT2D eigenvalue weighted by molar-refractivity contribution is 5.65. The van der Waals surface area contributed by atoms with Crippen molar-refractivity contribution in [1.82, 2.24) is 5.32 Å². The minimum Gasteiger partial charge on any atom is -0.328 e. The molecule has 1 saturated carbocycles. The van der Waals surface area contributed by atoms with Gasteiger partial charge in [-0.25, -0.2) is 0 Å². The lowest BCUT2D eigenvalue weighted by molar-refractivity contribution is 0.126. The molecule has 0 spiro atoms. The molecule has 0 aromatic heterocycles. The number of nitrogens with two attached hydrogens (primary N) is 1. The van der Waals surface area contributed by atoms with Gasteiger partial charge in [0.25, 0.3) is 0 Å². The maximum absolute atomic E-state index is 5.90. The summed E-state index contributed by atoms with van der Waals surface area (Å²) in [6, 6.07) is 16.1. The first-order chi connectivity index (χ1) is 10.9. The standard InChI is InChI=1S/C21H28N2/c1-15-8-16(2)10-19(9-15)18-6-4-17(5-7-18)13-23-14-21(3)11-20(22)12-21/h4-10,20,23H,11-14,22H2,1-3H3. The predicted molar refractivity (Wildman–Crippen MR) is 98.4 cm³/mol. The quantitative estimate of drug-likeness (QED) is 0.869. The Morgan fingerprint density at radius 1 is 1.00 bits per heavy atom. The van der Waals surface area contributed by atoms with Crippen LogP contribution < -0.4 is 11.1 Å². The van der Waals surface area contributed by atoms with Crippen LogP contribution in [-0.2, 0) is 6.54 Å². The second kappa shape index (κ2) is 6.46. The maximum Gasteiger partial charge on any atom is 0.0205 e. The Morgan fingerprint density at radius 3 is 2.17 bits per heavy atom. The zero-order valence-corrected chi connectivity index (χ0v) is 14.5. The molecule has 0 aliphatic heterocycles. The van der Waals surface area contributed by atoms with E-state index < -0.39 is 0 Å². The third-order valence-corrected chi connectivity index (χ3v) is 4.90. The van der Waals surface area contributed by atoms with Crippen molar-refractivity contribution in [1.29, 1.82) is 0 Å². The molecule has 0 atom stereocenters. The summed E-state index contributed by atoms with van der Waals surface area (Å²) in [5.74, 6) is 0.